The van der Waals surface area contributed by atoms with E-state index in [2.05, 4.69) is 10.3 Å². The van der Waals surface area contributed by atoms with Gasteiger partial charge in [0, 0.05) is 6.20 Å². The van der Waals surface area contributed by atoms with Gasteiger partial charge in [0.2, 0.25) is 5.91 Å². The standard InChI is InChI=1S/C15H17N3O/c1-11-6-5-9-17-13(11)10-18-15(19)14(16)12-7-3-2-4-8-12/h2-9,14H,10,16H2,1H3,(H,18,19). The molecule has 1 aromatic carbocycles. The monoisotopic (exact) mass is 255 g/mol. The van der Waals surface area contributed by atoms with E-state index in [-0.39, 0.29) is 5.91 Å². The van der Waals surface area contributed by atoms with Crippen LogP contribution in [0.4, 0.5) is 0 Å². The number of pyridine rings is 1. The molecule has 4 nitrogen and oxygen atoms in total. The number of amides is 1. The lowest BCUT2D eigenvalue weighted by Crippen LogP contribution is -2.34. The third kappa shape index (κ3) is 3.39. The average Bonchev–Trinajstić information content (AvgIpc) is 2.46. The number of nitrogens with two attached hydrogens (primary N) is 1. The van der Waals surface area contributed by atoms with Gasteiger partial charge in [-0.05, 0) is 24.1 Å². The lowest BCUT2D eigenvalue weighted by molar-refractivity contribution is -0.122. The molecule has 1 heterocycles. The lowest BCUT2D eigenvalue weighted by Gasteiger charge is -2.13. The van der Waals surface area contributed by atoms with E-state index in [1.165, 1.54) is 0 Å². The third-order valence-electron chi connectivity index (χ3n) is 2.99. The van der Waals surface area contributed by atoms with Crippen LogP contribution in [0.2, 0.25) is 0 Å². The van der Waals surface area contributed by atoms with Gasteiger partial charge in [-0.2, -0.15) is 0 Å². The number of aryl methyl sites for hydroxylation is 1. The minimum Gasteiger partial charge on any atom is -0.349 e. The van der Waals surface area contributed by atoms with Crippen molar-refractivity contribution in [3.63, 3.8) is 0 Å². The SMILES string of the molecule is Cc1cccnc1CNC(=O)C(N)c1ccccc1. The van der Waals surface area contributed by atoms with Gasteiger partial charge in [0.1, 0.15) is 6.04 Å². The van der Waals surface area contributed by atoms with Crippen molar-refractivity contribution in [2.24, 2.45) is 5.73 Å². The first-order valence-electron chi connectivity index (χ1n) is 6.17. The van der Waals surface area contributed by atoms with E-state index in [0.717, 1.165) is 16.8 Å². The number of nitrogens with one attached hydrogen (secondary N) is 1. The number of aromatic nitrogens is 1. The van der Waals surface area contributed by atoms with Crippen LogP contribution in [0.25, 0.3) is 0 Å². The number of nitrogens with zero attached hydrogens (tertiary/aromatic N) is 1. The molecule has 2 rings (SSSR count). The van der Waals surface area contributed by atoms with Crippen LogP contribution in [0.1, 0.15) is 22.9 Å². The van der Waals surface area contributed by atoms with Crippen LogP contribution < -0.4 is 11.1 Å². The normalized spacial score (nSPS) is 11.9. The van der Waals surface area contributed by atoms with Crippen LogP contribution in [0, 0.1) is 6.92 Å². The molecule has 1 aromatic heterocycles. The molecule has 0 aliphatic rings. The minimum absolute atomic E-state index is 0.198. The first-order chi connectivity index (χ1) is 9.18. The summed E-state index contributed by atoms with van der Waals surface area (Å²) in [6.07, 6.45) is 1.71. The van der Waals surface area contributed by atoms with Gasteiger partial charge in [-0.25, -0.2) is 0 Å². The second-order valence-corrected chi connectivity index (χ2v) is 4.37. The second-order valence-electron chi connectivity index (χ2n) is 4.37. The van der Waals surface area contributed by atoms with Crippen LogP contribution in [-0.4, -0.2) is 10.9 Å². The summed E-state index contributed by atoms with van der Waals surface area (Å²) >= 11 is 0. The maximum Gasteiger partial charge on any atom is 0.241 e. The molecule has 2 aromatic rings. The van der Waals surface area contributed by atoms with E-state index >= 15 is 0 Å². The van der Waals surface area contributed by atoms with Crippen molar-refractivity contribution >= 4 is 5.91 Å². The molecule has 4 heteroatoms. The molecule has 1 amide bonds. The van der Waals surface area contributed by atoms with Crippen molar-refractivity contribution < 1.29 is 4.79 Å². The highest BCUT2D eigenvalue weighted by Crippen LogP contribution is 2.10. The highest BCUT2D eigenvalue weighted by atomic mass is 16.2. The Hall–Kier alpha value is -2.20. The highest BCUT2D eigenvalue weighted by molar-refractivity contribution is 5.82. The largest absolute Gasteiger partial charge is 0.349 e. The molecule has 0 aliphatic heterocycles. The first-order valence-corrected chi connectivity index (χ1v) is 6.17. The Morgan fingerprint density at radius 3 is 2.68 bits per heavy atom. The molecule has 1 atom stereocenters. The molecule has 0 spiro atoms. The molecule has 0 saturated carbocycles. The van der Waals surface area contributed by atoms with Crippen molar-refractivity contribution in [1.82, 2.24) is 10.3 Å². The van der Waals surface area contributed by atoms with E-state index < -0.39 is 6.04 Å². The van der Waals surface area contributed by atoms with Crippen LogP contribution >= 0.6 is 0 Å². The Bertz CT molecular complexity index is 554. The summed E-state index contributed by atoms with van der Waals surface area (Å²) in [5.74, 6) is -0.198. The van der Waals surface area contributed by atoms with Crippen molar-refractivity contribution in [1.29, 1.82) is 0 Å². The molecule has 1 unspecified atom stereocenters. The van der Waals surface area contributed by atoms with Crippen molar-refractivity contribution in [3.8, 4) is 0 Å². The molecular weight excluding hydrogens is 238 g/mol. The summed E-state index contributed by atoms with van der Waals surface area (Å²) in [6.45, 7) is 2.36. The fourth-order valence-electron chi connectivity index (χ4n) is 1.80. The fraction of sp³-hybridized carbons (Fsp3) is 0.200. The molecule has 0 fully saturated rings. The van der Waals surface area contributed by atoms with Crippen molar-refractivity contribution in [3.05, 3.63) is 65.5 Å². The van der Waals surface area contributed by atoms with Gasteiger partial charge in [0.05, 0.1) is 12.2 Å². The topological polar surface area (TPSA) is 68.0 Å². The van der Waals surface area contributed by atoms with Gasteiger partial charge in [-0.1, -0.05) is 36.4 Å². The Morgan fingerprint density at radius 1 is 1.26 bits per heavy atom. The van der Waals surface area contributed by atoms with Crippen LogP contribution in [0.15, 0.2) is 48.7 Å². The zero-order chi connectivity index (χ0) is 13.7. The Kier molecular flexibility index (Phi) is 4.26. The number of carbonyl (C=O) groups is 1. The van der Waals surface area contributed by atoms with E-state index in [1.54, 1.807) is 6.20 Å². The zero-order valence-corrected chi connectivity index (χ0v) is 10.8. The fourth-order valence-corrected chi connectivity index (χ4v) is 1.80. The summed E-state index contributed by atoms with van der Waals surface area (Å²) in [5.41, 5.74) is 8.62. The van der Waals surface area contributed by atoms with E-state index in [9.17, 15) is 4.79 Å². The summed E-state index contributed by atoms with van der Waals surface area (Å²) in [7, 11) is 0. The van der Waals surface area contributed by atoms with Crippen LogP contribution in [-0.2, 0) is 11.3 Å². The Balaban J connectivity index is 1.97. The van der Waals surface area contributed by atoms with Gasteiger partial charge >= 0.3 is 0 Å². The number of hydrogen-bond donors (Lipinski definition) is 2. The number of carbonyl (C=O) groups excluding carboxylic acids is 1. The molecular formula is C15H17N3O. The van der Waals surface area contributed by atoms with Gasteiger partial charge in [-0.3, -0.25) is 9.78 Å². The van der Waals surface area contributed by atoms with Gasteiger partial charge in [0.25, 0.3) is 0 Å². The summed E-state index contributed by atoms with van der Waals surface area (Å²) in [5, 5.41) is 2.81. The van der Waals surface area contributed by atoms with E-state index in [0.29, 0.717) is 6.54 Å². The zero-order valence-electron chi connectivity index (χ0n) is 10.8. The highest BCUT2D eigenvalue weighted by Gasteiger charge is 2.15. The second kappa shape index (κ2) is 6.11. The van der Waals surface area contributed by atoms with Crippen LogP contribution in [0.3, 0.4) is 0 Å². The summed E-state index contributed by atoms with van der Waals surface area (Å²) < 4.78 is 0. The Morgan fingerprint density at radius 2 is 2.00 bits per heavy atom. The van der Waals surface area contributed by atoms with Gasteiger partial charge < -0.3 is 11.1 Å². The molecule has 0 bridgehead atoms. The maximum atomic E-state index is 12.0. The van der Waals surface area contributed by atoms with Crippen molar-refractivity contribution in [2.75, 3.05) is 0 Å². The molecule has 0 saturated heterocycles. The molecule has 0 radical (unpaired) electrons. The van der Waals surface area contributed by atoms with Crippen LogP contribution in [0.5, 0.6) is 0 Å². The molecule has 0 aliphatic carbocycles. The lowest BCUT2D eigenvalue weighted by atomic mass is 10.1. The molecule has 98 valence electrons. The number of rotatable bonds is 4. The maximum absolute atomic E-state index is 12.0. The summed E-state index contributed by atoms with van der Waals surface area (Å²) in [4.78, 5) is 16.2. The summed E-state index contributed by atoms with van der Waals surface area (Å²) in [6, 6.07) is 12.5. The predicted octanol–water partition coefficient (Wildman–Crippen LogP) is 1.71. The predicted molar refractivity (Wildman–Crippen MR) is 74.2 cm³/mol. The smallest absolute Gasteiger partial charge is 0.241 e. The minimum atomic E-state index is -0.648. The first kappa shape index (κ1) is 13.2. The van der Waals surface area contributed by atoms with E-state index in [4.69, 9.17) is 5.73 Å². The van der Waals surface area contributed by atoms with E-state index in [1.807, 2.05) is 49.4 Å². The molecule has 3 N–H and O–H groups in total. The Labute approximate surface area is 112 Å². The third-order valence-corrected chi connectivity index (χ3v) is 2.99. The molecule has 19 heavy (non-hydrogen) atoms. The quantitative estimate of drug-likeness (QED) is 0.873. The average molecular weight is 255 g/mol. The van der Waals surface area contributed by atoms with Gasteiger partial charge in [0.15, 0.2) is 0 Å². The van der Waals surface area contributed by atoms with Crippen molar-refractivity contribution in [2.45, 2.75) is 19.5 Å². The number of hydrogen-bond acceptors (Lipinski definition) is 3. The number of benzene rings is 1. The van der Waals surface area contributed by atoms with Gasteiger partial charge in [-0.15, -0.1) is 0 Å².